The first kappa shape index (κ1) is 12.2. The Bertz CT molecular complexity index is 730. The van der Waals surface area contributed by atoms with Crippen molar-refractivity contribution in [1.29, 1.82) is 0 Å². The molecule has 2 aromatic carbocycles. The lowest BCUT2D eigenvalue weighted by Crippen LogP contribution is -2.03. The number of aromatic carboxylic acids is 1. The molecule has 0 saturated carbocycles. The molecule has 1 aliphatic heterocycles. The van der Waals surface area contributed by atoms with Crippen LogP contribution in [0.5, 0.6) is 0 Å². The molecule has 0 bridgehead atoms. The van der Waals surface area contributed by atoms with E-state index >= 15 is 0 Å². The molecule has 3 rings (SSSR count). The van der Waals surface area contributed by atoms with Gasteiger partial charge in [-0.25, -0.2) is 4.79 Å². The Morgan fingerprint density at radius 3 is 2.45 bits per heavy atom. The summed E-state index contributed by atoms with van der Waals surface area (Å²) in [4.78, 5) is 22.7. The van der Waals surface area contributed by atoms with Crippen LogP contribution in [0.15, 0.2) is 48.5 Å². The summed E-state index contributed by atoms with van der Waals surface area (Å²) < 4.78 is 0. The van der Waals surface area contributed by atoms with Gasteiger partial charge in [-0.15, -0.1) is 0 Å². The van der Waals surface area contributed by atoms with Gasteiger partial charge in [-0.2, -0.15) is 0 Å². The number of rotatable bonds is 2. The SMILES string of the molecule is O=C1Nc2ccccc2/C1=C/c1ccc(C(=O)O)cc1. The van der Waals surface area contributed by atoms with Gasteiger partial charge in [0.1, 0.15) is 0 Å². The molecular formula is C16H11NO3. The maximum atomic E-state index is 11.9. The van der Waals surface area contributed by atoms with E-state index in [0.717, 1.165) is 16.8 Å². The number of para-hydroxylation sites is 1. The number of carbonyl (C=O) groups is 2. The predicted octanol–water partition coefficient (Wildman–Crippen LogP) is 2.88. The van der Waals surface area contributed by atoms with Crippen molar-refractivity contribution in [2.75, 3.05) is 5.32 Å². The molecule has 0 saturated heterocycles. The van der Waals surface area contributed by atoms with Crippen LogP contribution in [0, 0.1) is 0 Å². The van der Waals surface area contributed by atoms with Crippen LogP contribution in [0.2, 0.25) is 0 Å². The molecule has 1 heterocycles. The molecule has 1 aliphatic rings. The second-order valence-corrected chi connectivity index (χ2v) is 4.48. The van der Waals surface area contributed by atoms with E-state index in [9.17, 15) is 9.59 Å². The first-order valence-corrected chi connectivity index (χ1v) is 6.11. The third kappa shape index (κ3) is 2.07. The average Bonchev–Trinajstić information content (AvgIpc) is 2.76. The molecule has 0 spiro atoms. The van der Waals surface area contributed by atoms with Crippen molar-refractivity contribution in [3.05, 3.63) is 65.2 Å². The van der Waals surface area contributed by atoms with E-state index in [0.29, 0.717) is 5.57 Å². The quantitative estimate of drug-likeness (QED) is 0.820. The minimum absolute atomic E-state index is 0.145. The molecule has 4 nitrogen and oxygen atoms in total. The van der Waals surface area contributed by atoms with Gasteiger partial charge in [0.05, 0.1) is 5.56 Å². The number of carbonyl (C=O) groups excluding carboxylic acids is 1. The second kappa shape index (κ2) is 4.66. The summed E-state index contributed by atoms with van der Waals surface area (Å²) in [6.45, 7) is 0. The van der Waals surface area contributed by atoms with Crippen LogP contribution < -0.4 is 5.32 Å². The molecule has 0 fully saturated rings. The number of hydrogen-bond donors (Lipinski definition) is 2. The van der Waals surface area contributed by atoms with Crippen molar-refractivity contribution in [1.82, 2.24) is 0 Å². The van der Waals surface area contributed by atoms with E-state index in [4.69, 9.17) is 5.11 Å². The van der Waals surface area contributed by atoms with Gasteiger partial charge in [0.2, 0.25) is 0 Å². The minimum Gasteiger partial charge on any atom is -0.478 e. The van der Waals surface area contributed by atoms with Gasteiger partial charge >= 0.3 is 5.97 Å². The minimum atomic E-state index is -0.965. The highest BCUT2D eigenvalue weighted by atomic mass is 16.4. The van der Waals surface area contributed by atoms with Crippen LogP contribution in [0.4, 0.5) is 5.69 Å². The van der Waals surface area contributed by atoms with E-state index in [1.807, 2.05) is 24.3 Å². The van der Waals surface area contributed by atoms with Gasteiger partial charge in [0.15, 0.2) is 0 Å². The maximum Gasteiger partial charge on any atom is 0.335 e. The van der Waals surface area contributed by atoms with Gasteiger partial charge in [-0.1, -0.05) is 30.3 Å². The number of hydrogen-bond acceptors (Lipinski definition) is 2. The monoisotopic (exact) mass is 265 g/mol. The van der Waals surface area contributed by atoms with Crippen molar-refractivity contribution >= 4 is 29.2 Å². The fourth-order valence-electron chi connectivity index (χ4n) is 2.17. The zero-order valence-electron chi connectivity index (χ0n) is 10.5. The van der Waals surface area contributed by atoms with Gasteiger partial charge < -0.3 is 10.4 Å². The normalized spacial score (nSPS) is 15.0. The molecule has 98 valence electrons. The summed E-state index contributed by atoms with van der Waals surface area (Å²) in [5, 5.41) is 11.6. The summed E-state index contributed by atoms with van der Waals surface area (Å²) in [5.74, 6) is -1.11. The molecule has 20 heavy (non-hydrogen) atoms. The van der Waals surface area contributed by atoms with Crippen LogP contribution in [-0.2, 0) is 4.79 Å². The molecule has 0 aliphatic carbocycles. The largest absolute Gasteiger partial charge is 0.478 e. The van der Waals surface area contributed by atoms with Crippen LogP contribution in [0.25, 0.3) is 11.6 Å². The van der Waals surface area contributed by atoms with E-state index in [2.05, 4.69) is 5.32 Å². The zero-order chi connectivity index (χ0) is 14.1. The van der Waals surface area contributed by atoms with Crippen LogP contribution in [0.1, 0.15) is 21.5 Å². The summed E-state index contributed by atoms with van der Waals surface area (Å²) in [6.07, 6.45) is 1.76. The average molecular weight is 265 g/mol. The lowest BCUT2D eigenvalue weighted by Gasteiger charge is -1.99. The third-order valence-corrected chi connectivity index (χ3v) is 3.18. The highest BCUT2D eigenvalue weighted by Crippen LogP contribution is 2.32. The van der Waals surface area contributed by atoms with Gasteiger partial charge in [-0.05, 0) is 29.8 Å². The summed E-state index contributed by atoms with van der Waals surface area (Å²) in [6, 6.07) is 13.9. The van der Waals surface area contributed by atoms with Crippen molar-refractivity contribution in [3.8, 4) is 0 Å². The Morgan fingerprint density at radius 1 is 1.05 bits per heavy atom. The number of carboxylic acid groups (broad SMARTS) is 1. The molecule has 2 N–H and O–H groups in total. The Hall–Kier alpha value is -2.88. The van der Waals surface area contributed by atoms with Gasteiger partial charge in [-0.3, -0.25) is 4.79 Å². The number of amides is 1. The van der Waals surface area contributed by atoms with Crippen molar-refractivity contribution in [2.24, 2.45) is 0 Å². The number of benzene rings is 2. The fraction of sp³-hybridized carbons (Fsp3) is 0. The predicted molar refractivity (Wildman–Crippen MR) is 76.3 cm³/mol. The standard InChI is InChI=1S/C16H11NO3/c18-15-13(12-3-1-2-4-14(12)17-15)9-10-5-7-11(8-6-10)16(19)20/h1-9H,(H,17,18)(H,19,20)/b13-9-. The van der Waals surface area contributed by atoms with Gasteiger partial charge in [0.25, 0.3) is 5.91 Å². The number of fused-ring (bicyclic) bond motifs is 1. The highest BCUT2D eigenvalue weighted by Gasteiger charge is 2.23. The number of nitrogens with one attached hydrogen (secondary N) is 1. The van der Waals surface area contributed by atoms with Crippen LogP contribution in [-0.4, -0.2) is 17.0 Å². The van der Waals surface area contributed by atoms with Crippen LogP contribution in [0.3, 0.4) is 0 Å². The van der Waals surface area contributed by atoms with Crippen LogP contribution >= 0.6 is 0 Å². The van der Waals surface area contributed by atoms with Crippen molar-refractivity contribution < 1.29 is 14.7 Å². The Balaban J connectivity index is 2.00. The molecular weight excluding hydrogens is 254 g/mol. The third-order valence-electron chi connectivity index (χ3n) is 3.18. The Morgan fingerprint density at radius 2 is 1.75 bits per heavy atom. The first-order valence-electron chi connectivity index (χ1n) is 6.11. The molecule has 1 amide bonds. The summed E-state index contributed by atoms with van der Waals surface area (Å²) in [5.41, 5.74) is 3.26. The molecule has 4 heteroatoms. The lowest BCUT2D eigenvalue weighted by molar-refractivity contribution is -0.110. The Labute approximate surface area is 115 Å². The molecule has 0 radical (unpaired) electrons. The molecule has 0 aromatic heterocycles. The van der Waals surface area contributed by atoms with E-state index in [1.54, 1.807) is 18.2 Å². The van der Waals surface area contributed by atoms with Crippen molar-refractivity contribution in [2.45, 2.75) is 0 Å². The smallest absolute Gasteiger partial charge is 0.335 e. The first-order chi connectivity index (χ1) is 9.65. The fourth-order valence-corrected chi connectivity index (χ4v) is 2.17. The maximum absolute atomic E-state index is 11.9. The number of anilines is 1. The van der Waals surface area contributed by atoms with Gasteiger partial charge in [0, 0.05) is 16.8 Å². The number of carboxylic acids is 1. The lowest BCUT2D eigenvalue weighted by atomic mass is 10.0. The van der Waals surface area contributed by atoms with E-state index in [1.165, 1.54) is 12.1 Å². The zero-order valence-corrected chi connectivity index (χ0v) is 10.5. The topological polar surface area (TPSA) is 66.4 Å². The molecule has 0 unspecified atom stereocenters. The molecule has 0 atom stereocenters. The summed E-state index contributed by atoms with van der Waals surface area (Å²) in [7, 11) is 0. The second-order valence-electron chi connectivity index (χ2n) is 4.48. The van der Waals surface area contributed by atoms with E-state index in [-0.39, 0.29) is 11.5 Å². The van der Waals surface area contributed by atoms with E-state index < -0.39 is 5.97 Å². The van der Waals surface area contributed by atoms with Crippen molar-refractivity contribution in [3.63, 3.8) is 0 Å². The highest BCUT2D eigenvalue weighted by molar-refractivity contribution is 6.34. The Kier molecular flexibility index (Phi) is 2.84. The molecule has 2 aromatic rings. The summed E-state index contributed by atoms with van der Waals surface area (Å²) >= 11 is 0.